The van der Waals surface area contributed by atoms with Crippen LogP contribution in [0.15, 0.2) is 4.90 Å². The third kappa shape index (κ3) is 4.10. The molecule has 0 heterocycles. The summed E-state index contributed by atoms with van der Waals surface area (Å²) >= 11 is 0. The lowest BCUT2D eigenvalue weighted by Crippen LogP contribution is -2.45. The van der Waals surface area contributed by atoms with Crippen LogP contribution in [0.25, 0.3) is 0 Å². The zero-order valence-electron chi connectivity index (χ0n) is 13.1. The lowest BCUT2D eigenvalue weighted by atomic mass is 10.1. The molecule has 0 fully saturated rings. The van der Waals surface area contributed by atoms with E-state index >= 15 is 0 Å². The molecule has 0 aliphatic rings. The third-order valence-corrected chi connectivity index (χ3v) is 4.89. The van der Waals surface area contributed by atoms with Crippen LogP contribution in [0.1, 0.15) is 27.2 Å². The van der Waals surface area contributed by atoms with Gasteiger partial charge in [0.05, 0.1) is 11.8 Å². The van der Waals surface area contributed by atoms with Gasteiger partial charge in [-0.05, 0) is 0 Å². The standard InChI is InChI=1S/C14H16F5NO3S/c1-4-8(21)7(20-6(2)3)5-24(22,23)14-12(18)10(16)9(15)11(17)13(14)19/h6-7,20H,4-5H2,1-3H3. The molecule has 0 radical (unpaired) electrons. The van der Waals surface area contributed by atoms with E-state index in [0.29, 0.717) is 0 Å². The predicted octanol–water partition coefficient (Wildman–Crippen LogP) is 2.50. The lowest BCUT2D eigenvalue weighted by Gasteiger charge is -2.20. The number of carbonyl (C=O) groups excluding carboxylic acids is 1. The average Bonchev–Trinajstić information content (AvgIpc) is 2.48. The van der Waals surface area contributed by atoms with E-state index in [9.17, 15) is 35.2 Å². The van der Waals surface area contributed by atoms with Gasteiger partial charge in [0.15, 0.2) is 38.9 Å². The van der Waals surface area contributed by atoms with Crippen molar-refractivity contribution in [3.63, 3.8) is 0 Å². The largest absolute Gasteiger partial charge is 0.304 e. The van der Waals surface area contributed by atoms with Gasteiger partial charge in [0.25, 0.3) is 0 Å². The molecule has 1 aromatic carbocycles. The van der Waals surface area contributed by atoms with Gasteiger partial charge in [-0.1, -0.05) is 20.8 Å². The molecule has 0 aliphatic carbocycles. The first-order valence-corrected chi connectivity index (χ1v) is 8.62. The summed E-state index contributed by atoms with van der Waals surface area (Å²) in [4.78, 5) is 9.86. The van der Waals surface area contributed by atoms with Crippen LogP contribution in [-0.4, -0.2) is 32.0 Å². The summed E-state index contributed by atoms with van der Waals surface area (Å²) in [5.74, 6) is -13.8. The molecule has 0 spiro atoms. The van der Waals surface area contributed by atoms with Crippen LogP contribution in [0.2, 0.25) is 0 Å². The van der Waals surface area contributed by atoms with E-state index in [1.807, 2.05) is 0 Å². The van der Waals surface area contributed by atoms with Crippen LogP contribution >= 0.6 is 0 Å². The molecule has 24 heavy (non-hydrogen) atoms. The Kier molecular flexibility index (Phi) is 6.45. The lowest BCUT2D eigenvalue weighted by molar-refractivity contribution is -0.120. The molecule has 0 amide bonds. The maximum atomic E-state index is 13.7. The Hall–Kier alpha value is -1.55. The summed E-state index contributed by atoms with van der Waals surface area (Å²) in [5, 5.41) is 2.60. The zero-order chi connectivity index (χ0) is 18.8. The summed E-state index contributed by atoms with van der Waals surface area (Å²) < 4.78 is 91.1. The Balaban J connectivity index is 3.42. The fourth-order valence-corrected chi connectivity index (χ4v) is 3.66. The summed E-state index contributed by atoms with van der Waals surface area (Å²) in [6.07, 6.45) is -0.0724. The highest BCUT2D eigenvalue weighted by Crippen LogP contribution is 2.27. The topological polar surface area (TPSA) is 63.2 Å². The third-order valence-electron chi connectivity index (χ3n) is 3.14. The first-order valence-electron chi connectivity index (χ1n) is 6.96. The van der Waals surface area contributed by atoms with Crippen molar-refractivity contribution < 1.29 is 35.2 Å². The molecule has 4 nitrogen and oxygen atoms in total. The number of sulfone groups is 1. The highest BCUT2D eigenvalue weighted by Gasteiger charge is 2.36. The zero-order valence-corrected chi connectivity index (χ0v) is 13.9. The van der Waals surface area contributed by atoms with Crippen LogP contribution in [0.5, 0.6) is 0 Å². The Labute approximate surface area is 136 Å². The number of rotatable bonds is 7. The molecule has 1 aromatic rings. The number of halogens is 5. The molecule has 136 valence electrons. The van der Waals surface area contributed by atoms with Crippen molar-refractivity contribution in [1.82, 2.24) is 5.32 Å². The van der Waals surface area contributed by atoms with Gasteiger partial charge in [-0.25, -0.2) is 30.4 Å². The molecule has 0 aromatic heterocycles. The normalized spacial score (nSPS) is 13.4. The van der Waals surface area contributed by atoms with Crippen LogP contribution in [0.3, 0.4) is 0 Å². The SMILES string of the molecule is CCC(=O)C(CS(=O)(=O)c1c(F)c(F)c(F)c(F)c1F)NC(C)C. The highest BCUT2D eigenvalue weighted by molar-refractivity contribution is 7.91. The van der Waals surface area contributed by atoms with Gasteiger partial charge in [-0.3, -0.25) is 4.79 Å². The van der Waals surface area contributed by atoms with Gasteiger partial charge < -0.3 is 5.32 Å². The molecule has 0 aliphatic heterocycles. The van der Waals surface area contributed by atoms with E-state index in [1.165, 1.54) is 6.92 Å². The minimum Gasteiger partial charge on any atom is -0.304 e. The van der Waals surface area contributed by atoms with Crippen molar-refractivity contribution in [2.45, 2.75) is 44.2 Å². The van der Waals surface area contributed by atoms with Crippen molar-refractivity contribution in [2.75, 3.05) is 5.75 Å². The Bertz CT molecular complexity index is 720. The second-order valence-corrected chi connectivity index (χ2v) is 7.35. The van der Waals surface area contributed by atoms with Gasteiger partial charge in [0.2, 0.25) is 5.82 Å². The van der Waals surface area contributed by atoms with Crippen LogP contribution < -0.4 is 5.32 Å². The monoisotopic (exact) mass is 373 g/mol. The molecular weight excluding hydrogens is 357 g/mol. The van der Waals surface area contributed by atoms with Crippen molar-refractivity contribution >= 4 is 15.6 Å². The van der Waals surface area contributed by atoms with Crippen molar-refractivity contribution in [3.05, 3.63) is 29.1 Å². The number of ketones is 1. The summed E-state index contributed by atoms with van der Waals surface area (Å²) in [6, 6.07) is -1.69. The number of carbonyl (C=O) groups is 1. The van der Waals surface area contributed by atoms with E-state index in [4.69, 9.17) is 0 Å². The van der Waals surface area contributed by atoms with E-state index in [-0.39, 0.29) is 12.5 Å². The summed E-state index contributed by atoms with van der Waals surface area (Å²) in [6.45, 7) is 4.64. The van der Waals surface area contributed by atoms with Gasteiger partial charge >= 0.3 is 0 Å². The number of Topliss-reactive ketones (excluding diaryl/α,β-unsaturated/α-hetero) is 1. The Morgan fingerprint density at radius 3 is 1.75 bits per heavy atom. The second-order valence-electron chi connectivity index (χ2n) is 5.37. The number of hydrogen-bond donors (Lipinski definition) is 1. The number of benzene rings is 1. The minimum absolute atomic E-state index is 0.0724. The van der Waals surface area contributed by atoms with Crippen molar-refractivity contribution in [1.29, 1.82) is 0 Å². The molecule has 1 N–H and O–H groups in total. The van der Waals surface area contributed by atoms with Crippen molar-refractivity contribution in [2.24, 2.45) is 0 Å². The second kappa shape index (κ2) is 7.56. The fraction of sp³-hybridized carbons (Fsp3) is 0.500. The Morgan fingerprint density at radius 2 is 1.38 bits per heavy atom. The minimum atomic E-state index is -4.96. The predicted molar refractivity (Wildman–Crippen MR) is 75.6 cm³/mol. The quantitative estimate of drug-likeness (QED) is 0.345. The van der Waals surface area contributed by atoms with Crippen LogP contribution in [0, 0.1) is 29.1 Å². The van der Waals surface area contributed by atoms with E-state index in [1.54, 1.807) is 13.8 Å². The number of hydrogen-bond acceptors (Lipinski definition) is 4. The van der Waals surface area contributed by atoms with E-state index in [0.717, 1.165) is 0 Å². The molecule has 1 rings (SSSR count). The number of nitrogens with one attached hydrogen (secondary N) is 1. The van der Waals surface area contributed by atoms with Gasteiger partial charge in [-0.2, -0.15) is 0 Å². The summed E-state index contributed by atoms with van der Waals surface area (Å²) in [5.41, 5.74) is 0. The molecule has 1 atom stereocenters. The van der Waals surface area contributed by atoms with E-state index in [2.05, 4.69) is 5.32 Å². The van der Waals surface area contributed by atoms with Crippen LogP contribution in [-0.2, 0) is 14.6 Å². The molecule has 10 heteroatoms. The molecule has 0 saturated carbocycles. The molecular formula is C14H16F5NO3S. The fourth-order valence-electron chi connectivity index (χ4n) is 2.04. The summed E-state index contributed by atoms with van der Waals surface area (Å²) in [7, 11) is -4.96. The van der Waals surface area contributed by atoms with Gasteiger partial charge in [0, 0.05) is 12.5 Å². The smallest absolute Gasteiger partial charge is 0.200 e. The van der Waals surface area contributed by atoms with Gasteiger partial charge in [0.1, 0.15) is 4.90 Å². The van der Waals surface area contributed by atoms with E-state index < -0.39 is 61.4 Å². The maximum absolute atomic E-state index is 13.7. The first kappa shape index (κ1) is 20.5. The van der Waals surface area contributed by atoms with Gasteiger partial charge in [-0.15, -0.1) is 0 Å². The highest BCUT2D eigenvalue weighted by atomic mass is 32.2. The molecule has 0 bridgehead atoms. The molecule has 1 unspecified atom stereocenters. The van der Waals surface area contributed by atoms with Crippen LogP contribution in [0.4, 0.5) is 22.0 Å². The molecule has 0 saturated heterocycles. The maximum Gasteiger partial charge on any atom is 0.200 e. The Morgan fingerprint density at radius 1 is 0.958 bits per heavy atom. The van der Waals surface area contributed by atoms with Crippen molar-refractivity contribution in [3.8, 4) is 0 Å². The average molecular weight is 373 g/mol. The first-order chi connectivity index (χ1) is 10.9.